The third-order valence-corrected chi connectivity index (χ3v) is 1.86. The predicted molar refractivity (Wildman–Crippen MR) is 60.0 cm³/mol. The maximum absolute atomic E-state index is 4.56. The number of hydrogen-bond donors (Lipinski definition) is 1. The van der Waals surface area contributed by atoms with E-state index in [4.69, 9.17) is 0 Å². The minimum atomic E-state index is 0.998. The Balaban J connectivity index is 2.94. The number of benzene rings is 1. The molecule has 1 aromatic rings. The maximum Gasteiger partial charge on any atom is 0.302 e. The van der Waals surface area contributed by atoms with Gasteiger partial charge in [-0.3, -0.25) is 4.90 Å². The fourth-order valence-electron chi connectivity index (χ4n) is 1.28. The quantitative estimate of drug-likeness (QED) is 0.504. The van der Waals surface area contributed by atoms with Gasteiger partial charge in [0.15, 0.2) is 0 Å². The summed E-state index contributed by atoms with van der Waals surface area (Å²) in [4.78, 5) is 7.81. The number of quaternary nitrogens is 1. The normalized spacial score (nSPS) is 11.9. The van der Waals surface area contributed by atoms with Crippen molar-refractivity contribution in [1.29, 1.82) is 0 Å². The molecule has 3 heteroatoms. The van der Waals surface area contributed by atoms with Crippen LogP contribution in [-0.2, 0) is 0 Å². The van der Waals surface area contributed by atoms with Crippen LogP contribution in [-0.4, -0.2) is 39.1 Å². The predicted octanol–water partition coefficient (Wildman–Crippen LogP) is 0.380. The molecule has 0 saturated carbocycles. The molecular weight excluding hydrogens is 174 g/mol. The Morgan fingerprint density at radius 3 is 2.14 bits per heavy atom. The minimum absolute atomic E-state index is 0.998. The summed E-state index contributed by atoms with van der Waals surface area (Å²) < 4.78 is 0. The third kappa shape index (κ3) is 2.85. The van der Waals surface area contributed by atoms with E-state index in [1.807, 2.05) is 49.3 Å². The highest BCUT2D eigenvalue weighted by molar-refractivity contribution is 5.74. The molecule has 0 aliphatic rings. The highest BCUT2D eigenvalue weighted by Gasteiger charge is 2.09. The summed E-state index contributed by atoms with van der Waals surface area (Å²) in [6.45, 7) is 0. The van der Waals surface area contributed by atoms with Crippen LogP contribution >= 0.6 is 0 Å². The summed E-state index contributed by atoms with van der Waals surface area (Å²) in [7, 11) is 8.16. The Bertz CT molecular complexity index is 292. The van der Waals surface area contributed by atoms with Gasteiger partial charge in [0.25, 0.3) is 0 Å². The number of rotatable bonds is 1. The van der Waals surface area contributed by atoms with Crippen LogP contribution in [0, 0.1) is 0 Å². The lowest BCUT2D eigenvalue weighted by Crippen LogP contribution is -3.10. The van der Waals surface area contributed by atoms with Crippen LogP contribution in [0.3, 0.4) is 0 Å². The van der Waals surface area contributed by atoms with Gasteiger partial charge in [-0.1, -0.05) is 18.2 Å². The van der Waals surface area contributed by atoms with Crippen molar-refractivity contribution in [3.63, 3.8) is 0 Å². The summed E-state index contributed by atoms with van der Waals surface area (Å²) in [5, 5.41) is 0. The Kier molecular flexibility index (Phi) is 3.65. The molecule has 0 heterocycles. The Hall–Kier alpha value is -1.35. The van der Waals surface area contributed by atoms with Crippen molar-refractivity contribution >= 4 is 11.6 Å². The first-order chi connectivity index (χ1) is 6.61. The molecule has 0 aliphatic carbocycles. The number of hydrogen-bond acceptors (Lipinski definition) is 1. The first kappa shape index (κ1) is 10.7. The van der Waals surface area contributed by atoms with E-state index in [1.165, 1.54) is 4.90 Å². The summed E-state index contributed by atoms with van der Waals surface area (Å²) in [6, 6.07) is 10.0. The molecular formula is C11H18N3+. The van der Waals surface area contributed by atoms with E-state index in [1.54, 1.807) is 0 Å². The van der Waals surface area contributed by atoms with Gasteiger partial charge >= 0.3 is 5.96 Å². The molecule has 14 heavy (non-hydrogen) atoms. The van der Waals surface area contributed by atoms with Gasteiger partial charge < -0.3 is 4.90 Å². The van der Waals surface area contributed by atoms with Crippen molar-refractivity contribution in [1.82, 2.24) is 4.90 Å². The topological polar surface area (TPSA) is 20.0 Å². The smallest absolute Gasteiger partial charge is 0.302 e. The van der Waals surface area contributed by atoms with Crippen LogP contribution < -0.4 is 4.90 Å². The molecule has 0 aliphatic heterocycles. The third-order valence-electron chi connectivity index (χ3n) is 1.86. The van der Waals surface area contributed by atoms with Gasteiger partial charge in [-0.2, -0.15) is 4.99 Å². The highest BCUT2D eigenvalue weighted by Crippen LogP contribution is 2.09. The summed E-state index contributed by atoms with van der Waals surface area (Å²) in [5.41, 5.74) is 0.998. The number of guanidine groups is 1. The van der Waals surface area contributed by atoms with Gasteiger partial charge in [0.05, 0.1) is 19.8 Å². The molecule has 0 radical (unpaired) electrons. The molecule has 0 spiro atoms. The van der Waals surface area contributed by atoms with Crippen LogP contribution in [0.4, 0.5) is 5.69 Å². The van der Waals surface area contributed by atoms with E-state index in [0.29, 0.717) is 0 Å². The molecule has 0 aromatic heterocycles. The average Bonchev–Trinajstić information content (AvgIpc) is 2.15. The molecule has 3 nitrogen and oxygen atoms in total. The number of nitrogens with one attached hydrogen (secondary N) is 1. The first-order valence-electron chi connectivity index (χ1n) is 4.73. The zero-order valence-electron chi connectivity index (χ0n) is 9.28. The van der Waals surface area contributed by atoms with E-state index in [-0.39, 0.29) is 0 Å². The van der Waals surface area contributed by atoms with Crippen LogP contribution in [0.15, 0.2) is 35.3 Å². The van der Waals surface area contributed by atoms with E-state index < -0.39 is 0 Å². The Morgan fingerprint density at radius 1 is 1.14 bits per heavy atom. The second-order valence-electron chi connectivity index (χ2n) is 3.67. The number of aliphatic imine (C=N–C) groups is 1. The van der Waals surface area contributed by atoms with E-state index in [2.05, 4.69) is 19.1 Å². The zero-order valence-corrected chi connectivity index (χ0v) is 9.28. The molecule has 76 valence electrons. The van der Waals surface area contributed by atoms with Crippen LogP contribution in [0.25, 0.3) is 0 Å². The largest absolute Gasteiger partial charge is 0.317 e. The fraction of sp³-hybridized carbons (Fsp3) is 0.364. The summed E-state index contributed by atoms with van der Waals surface area (Å²) >= 11 is 0. The molecule has 0 atom stereocenters. The molecule has 1 rings (SSSR count). The highest BCUT2D eigenvalue weighted by atomic mass is 15.3. The Morgan fingerprint density at radius 2 is 1.71 bits per heavy atom. The maximum atomic E-state index is 4.56. The summed E-state index contributed by atoms with van der Waals surface area (Å²) in [6.07, 6.45) is 0. The van der Waals surface area contributed by atoms with Gasteiger partial charge in [0, 0.05) is 14.1 Å². The molecule has 0 fully saturated rings. The summed E-state index contributed by atoms with van der Waals surface area (Å²) in [5.74, 6) is 1.02. The molecule has 1 aromatic carbocycles. The number of nitrogens with zero attached hydrogens (tertiary/aromatic N) is 2. The minimum Gasteiger partial charge on any atom is -0.317 e. The second-order valence-corrected chi connectivity index (χ2v) is 3.67. The van der Waals surface area contributed by atoms with Crippen molar-refractivity contribution in [3.8, 4) is 0 Å². The van der Waals surface area contributed by atoms with Crippen LogP contribution in [0.2, 0.25) is 0 Å². The van der Waals surface area contributed by atoms with Crippen molar-refractivity contribution in [2.24, 2.45) is 4.99 Å². The zero-order chi connectivity index (χ0) is 10.6. The lowest BCUT2D eigenvalue weighted by atomic mass is 10.3. The average molecular weight is 192 g/mol. The lowest BCUT2D eigenvalue weighted by molar-refractivity contribution is -0.764. The van der Waals surface area contributed by atoms with Gasteiger partial charge in [-0.25, -0.2) is 0 Å². The monoisotopic (exact) mass is 192 g/mol. The molecule has 0 amide bonds. The van der Waals surface area contributed by atoms with Crippen LogP contribution in [0.5, 0.6) is 0 Å². The Labute approximate surface area is 85.7 Å². The first-order valence-corrected chi connectivity index (χ1v) is 4.73. The standard InChI is InChI=1S/C11H17N3/c1-13(2)11(14(3)4)12-10-8-6-5-7-9-10/h5-9H,1-4H3/p+1. The van der Waals surface area contributed by atoms with Crippen molar-refractivity contribution in [2.45, 2.75) is 0 Å². The van der Waals surface area contributed by atoms with Crippen LogP contribution in [0.1, 0.15) is 0 Å². The van der Waals surface area contributed by atoms with E-state index in [0.717, 1.165) is 11.6 Å². The molecule has 0 unspecified atom stereocenters. The van der Waals surface area contributed by atoms with Gasteiger partial charge in [-0.15, -0.1) is 0 Å². The molecule has 1 N–H and O–H groups in total. The van der Waals surface area contributed by atoms with Crippen molar-refractivity contribution in [3.05, 3.63) is 30.3 Å². The van der Waals surface area contributed by atoms with Gasteiger partial charge in [-0.05, 0) is 12.1 Å². The van der Waals surface area contributed by atoms with Crippen molar-refractivity contribution < 1.29 is 4.90 Å². The number of para-hydroxylation sites is 1. The second kappa shape index (κ2) is 4.77. The van der Waals surface area contributed by atoms with Gasteiger partial charge in [0.2, 0.25) is 0 Å². The van der Waals surface area contributed by atoms with E-state index >= 15 is 0 Å². The SMILES string of the molecule is CN(C)C(=Nc1ccccc1)[NH+](C)C. The molecule has 0 bridgehead atoms. The van der Waals surface area contributed by atoms with E-state index in [9.17, 15) is 0 Å². The molecule has 0 saturated heterocycles. The fourth-order valence-corrected chi connectivity index (χ4v) is 1.28. The van der Waals surface area contributed by atoms with Gasteiger partial charge in [0.1, 0.15) is 0 Å². The van der Waals surface area contributed by atoms with Crippen molar-refractivity contribution in [2.75, 3.05) is 28.2 Å². The lowest BCUT2D eigenvalue weighted by Gasteiger charge is -2.16.